The van der Waals surface area contributed by atoms with Gasteiger partial charge in [-0.05, 0) is 33.7 Å². The molecule has 1 rings (SSSR count). The first-order valence-corrected chi connectivity index (χ1v) is 5.76. The maximum Gasteiger partial charge on any atom is 0.410 e. The van der Waals surface area contributed by atoms with E-state index in [9.17, 15) is 4.79 Å². The van der Waals surface area contributed by atoms with Gasteiger partial charge in [0.15, 0.2) is 0 Å². The highest BCUT2D eigenvalue weighted by Crippen LogP contribution is 2.11. The summed E-state index contributed by atoms with van der Waals surface area (Å²) in [4.78, 5) is 13.6. The highest BCUT2D eigenvalue weighted by molar-refractivity contribution is 5.68. The summed E-state index contributed by atoms with van der Waals surface area (Å²) in [6, 6.07) is 0.162. The van der Waals surface area contributed by atoms with Crippen molar-refractivity contribution < 1.29 is 9.53 Å². The molecule has 4 heteroatoms. The van der Waals surface area contributed by atoms with Crippen LogP contribution in [0.15, 0.2) is 12.7 Å². The summed E-state index contributed by atoms with van der Waals surface area (Å²) in [5, 5.41) is 3.31. The highest BCUT2D eigenvalue weighted by atomic mass is 16.6. The molecule has 0 unspecified atom stereocenters. The first kappa shape index (κ1) is 13.0. The summed E-state index contributed by atoms with van der Waals surface area (Å²) in [5.41, 5.74) is -0.430. The number of hydrogen-bond acceptors (Lipinski definition) is 3. The van der Waals surface area contributed by atoms with Gasteiger partial charge in [0.05, 0.1) is 0 Å². The van der Waals surface area contributed by atoms with E-state index in [2.05, 4.69) is 11.9 Å². The molecule has 0 aliphatic carbocycles. The van der Waals surface area contributed by atoms with E-state index in [1.165, 1.54) is 0 Å². The van der Waals surface area contributed by atoms with E-state index in [4.69, 9.17) is 4.74 Å². The zero-order valence-corrected chi connectivity index (χ0v) is 10.5. The van der Waals surface area contributed by atoms with Gasteiger partial charge < -0.3 is 15.0 Å². The molecule has 0 aromatic rings. The van der Waals surface area contributed by atoms with Crippen molar-refractivity contribution in [3.05, 3.63) is 12.7 Å². The van der Waals surface area contributed by atoms with Gasteiger partial charge >= 0.3 is 6.09 Å². The number of ether oxygens (including phenoxy) is 1. The highest BCUT2D eigenvalue weighted by Gasteiger charge is 2.24. The third-order valence-electron chi connectivity index (χ3n) is 2.36. The molecule has 1 heterocycles. The Bertz CT molecular complexity index is 258. The van der Waals surface area contributed by atoms with Crippen molar-refractivity contribution in [3.63, 3.8) is 0 Å². The maximum atomic E-state index is 11.9. The van der Waals surface area contributed by atoms with Gasteiger partial charge in [0, 0.05) is 19.1 Å². The Kier molecular flexibility index (Phi) is 4.35. The minimum Gasteiger partial charge on any atom is -0.444 e. The molecule has 0 aromatic heterocycles. The van der Waals surface area contributed by atoms with Crippen molar-refractivity contribution in [2.24, 2.45) is 0 Å². The smallest absolute Gasteiger partial charge is 0.410 e. The molecule has 1 N–H and O–H groups in total. The van der Waals surface area contributed by atoms with Gasteiger partial charge in [-0.2, -0.15) is 0 Å². The number of rotatable bonds is 1. The first-order valence-electron chi connectivity index (χ1n) is 5.76. The van der Waals surface area contributed by atoms with E-state index in [1.807, 2.05) is 26.8 Å². The van der Waals surface area contributed by atoms with E-state index in [-0.39, 0.29) is 12.1 Å². The Morgan fingerprint density at radius 3 is 2.81 bits per heavy atom. The molecular weight excluding hydrogens is 204 g/mol. The van der Waals surface area contributed by atoms with Gasteiger partial charge in [-0.15, -0.1) is 6.58 Å². The summed E-state index contributed by atoms with van der Waals surface area (Å²) in [6.45, 7) is 11.7. The van der Waals surface area contributed by atoms with Crippen LogP contribution < -0.4 is 5.32 Å². The fraction of sp³-hybridized carbons (Fsp3) is 0.750. The van der Waals surface area contributed by atoms with Crippen molar-refractivity contribution in [3.8, 4) is 0 Å². The van der Waals surface area contributed by atoms with Crippen molar-refractivity contribution in [1.82, 2.24) is 10.2 Å². The molecule has 0 radical (unpaired) electrons. The Morgan fingerprint density at radius 1 is 1.56 bits per heavy atom. The van der Waals surface area contributed by atoms with Crippen molar-refractivity contribution in [2.45, 2.75) is 38.8 Å². The largest absolute Gasteiger partial charge is 0.444 e. The first-order chi connectivity index (χ1) is 7.42. The van der Waals surface area contributed by atoms with E-state index >= 15 is 0 Å². The topological polar surface area (TPSA) is 41.6 Å². The summed E-state index contributed by atoms with van der Waals surface area (Å²) >= 11 is 0. The third-order valence-corrected chi connectivity index (χ3v) is 2.36. The molecule has 1 aliphatic heterocycles. The van der Waals surface area contributed by atoms with Crippen LogP contribution in [-0.4, -0.2) is 42.3 Å². The standard InChI is InChI=1S/C12H22N2O2/c1-5-10-9-14(8-6-7-13-10)11(15)16-12(2,3)4/h5,10,13H,1,6-9H2,2-4H3/t10-/m0/s1. The molecule has 1 saturated heterocycles. The van der Waals surface area contributed by atoms with Crippen LogP contribution in [0.1, 0.15) is 27.2 Å². The molecule has 1 amide bonds. The van der Waals surface area contributed by atoms with Crippen LogP contribution in [0.2, 0.25) is 0 Å². The van der Waals surface area contributed by atoms with Gasteiger partial charge in [-0.25, -0.2) is 4.79 Å². The second-order valence-corrected chi connectivity index (χ2v) is 5.08. The van der Waals surface area contributed by atoms with E-state index in [1.54, 1.807) is 4.90 Å². The SMILES string of the molecule is C=C[C@H]1CN(C(=O)OC(C)(C)C)CCCN1. The number of nitrogens with zero attached hydrogens (tertiary/aromatic N) is 1. The molecule has 1 atom stereocenters. The number of hydrogen-bond donors (Lipinski definition) is 1. The predicted octanol–water partition coefficient (Wildman–Crippen LogP) is 1.77. The molecule has 1 fully saturated rings. The zero-order valence-electron chi connectivity index (χ0n) is 10.5. The van der Waals surface area contributed by atoms with Crippen LogP contribution in [0, 0.1) is 0 Å². The summed E-state index contributed by atoms with van der Waals surface area (Å²) in [7, 11) is 0. The maximum absolute atomic E-state index is 11.9. The Hall–Kier alpha value is -1.03. The van der Waals surface area contributed by atoms with Gasteiger partial charge in [0.1, 0.15) is 5.60 Å². The number of amides is 1. The average Bonchev–Trinajstić information content (AvgIpc) is 2.39. The van der Waals surface area contributed by atoms with Crippen LogP contribution in [0.25, 0.3) is 0 Å². The lowest BCUT2D eigenvalue weighted by molar-refractivity contribution is 0.0254. The van der Waals surface area contributed by atoms with Crippen LogP contribution in [0.3, 0.4) is 0 Å². The zero-order chi connectivity index (χ0) is 12.2. The normalized spacial score (nSPS) is 22.4. The second-order valence-electron chi connectivity index (χ2n) is 5.08. The fourth-order valence-corrected chi connectivity index (χ4v) is 1.60. The number of carbonyl (C=O) groups is 1. The molecule has 16 heavy (non-hydrogen) atoms. The van der Waals surface area contributed by atoms with Crippen LogP contribution in [0.5, 0.6) is 0 Å². The summed E-state index contributed by atoms with van der Waals surface area (Å²) in [6.07, 6.45) is 2.55. The number of nitrogens with one attached hydrogen (secondary N) is 1. The van der Waals surface area contributed by atoms with Gasteiger partial charge in [-0.1, -0.05) is 6.08 Å². The van der Waals surface area contributed by atoms with Gasteiger partial charge in [-0.3, -0.25) is 0 Å². The minimum atomic E-state index is -0.430. The second kappa shape index (κ2) is 5.34. The van der Waals surface area contributed by atoms with Gasteiger partial charge in [0.25, 0.3) is 0 Å². The van der Waals surface area contributed by atoms with Crippen LogP contribution >= 0.6 is 0 Å². The number of carbonyl (C=O) groups excluding carboxylic acids is 1. The quantitative estimate of drug-likeness (QED) is 0.693. The molecule has 0 saturated carbocycles. The molecule has 0 bridgehead atoms. The van der Waals surface area contributed by atoms with Crippen molar-refractivity contribution in [2.75, 3.05) is 19.6 Å². The van der Waals surface area contributed by atoms with Crippen LogP contribution in [0.4, 0.5) is 4.79 Å². The lowest BCUT2D eigenvalue weighted by atomic mass is 10.2. The Morgan fingerprint density at radius 2 is 2.25 bits per heavy atom. The van der Waals surface area contributed by atoms with E-state index < -0.39 is 5.60 Å². The Balaban J connectivity index is 2.56. The fourth-order valence-electron chi connectivity index (χ4n) is 1.60. The van der Waals surface area contributed by atoms with Crippen molar-refractivity contribution >= 4 is 6.09 Å². The molecular formula is C12H22N2O2. The monoisotopic (exact) mass is 226 g/mol. The molecule has 0 spiro atoms. The third kappa shape index (κ3) is 4.23. The summed E-state index contributed by atoms with van der Waals surface area (Å²) < 4.78 is 5.35. The van der Waals surface area contributed by atoms with Crippen molar-refractivity contribution in [1.29, 1.82) is 0 Å². The van der Waals surface area contributed by atoms with E-state index in [0.29, 0.717) is 6.54 Å². The molecule has 4 nitrogen and oxygen atoms in total. The van der Waals surface area contributed by atoms with Gasteiger partial charge in [0.2, 0.25) is 0 Å². The summed E-state index contributed by atoms with van der Waals surface area (Å²) in [5.74, 6) is 0. The molecule has 0 aromatic carbocycles. The minimum absolute atomic E-state index is 0.162. The molecule has 92 valence electrons. The lowest BCUT2D eigenvalue weighted by Crippen LogP contribution is -2.42. The Labute approximate surface area is 97.6 Å². The lowest BCUT2D eigenvalue weighted by Gasteiger charge is -2.27. The van der Waals surface area contributed by atoms with E-state index in [0.717, 1.165) is 19.5 Å². The predicted molar refractivity (Wildman–Crippen MR) is 64.4 cm³/mol. The molecule has 1 aliphatic rings. The van der Waals surface area contributed by atoms with Crippen LogP contribution in [-0.2, 0) is 4.74 Å². The average molecular weight is 226 g/mol.